The highest BCUT2D eigenvalue weighted by atomic mass is 16.5. The second kappa shape index (κ2) is 9.02. The summed E-state index contributed by atoms with van der Waals surface area (Å²) in [5.74, 6) is 0.511. The van der Waals surface area contributed by atoms with E-state index in [-0.39, 0.29) is 18.4 Å². The molecule has 1 aromatic heterocycles. The van der Waals surface area contributed by atoms with E-state index in [0.29, 0.717) is 22.6 Å². The van der Waals surface area contributed by atoms with Crippen LogP contribution in [0.4, 0.5) is 0 Å². The van der Waals surface area contributed by atoms with Gasteiger partial charge in [0.1, 0.15) is 0 Å². The van der Waals surface area contributed by atoms with E-state index in [4.69, 9.17) is 25.7 Å². The summed E-state index contributed by atoms with van der Waals surface area (Å²) in [6.45, 7) is 2.02. The number of carbonyl (C=O) groups is 1. The number of guanidine groups is 1. The predicted molar refractivity (Wildman–Crippen MR) is 96.7 cm³/mol. The fraction of sp³-hybridized carbons (Fsp3) is 0.176. The molecular weight excluding hydrogens is 338 g/mol. The Hall–Kier alpha value is -3.62. The molecule has 0 saturated carbocycles. The molecule has 0 spiro atoms. The Morgan fingerprint density at radius 1 is 1.23 bits per heavy atom. The van der Waals surface area contributed by atoms with Crippen molar-refractivity contribution >= 4 is 18.1 Å². The zero-order chi connectivity index (χ0) is 18.9. The molecule has 9 heteroatoms. The number of hydrogen-bond acceptors (Lipinski definition) is 7. The number of esters is 1. The van der Waals surface area contributed by atoms with Crippen LogP contribution in [0, 0.1) is 0 Å². The molecule has 0 radical (unpaired) electrons. The molecule has 0 unspecified atom stereocenters. The molecular formula is C17H19N5O4. The molecule has 26 heavy (non-hydrogen) atoms. The van der Waals surface area contributed by atoms with E-state index in [2.05, 4.69) is 15.2 Å². The zero-order valence-electron chi connectivity index (χ0n) is 14.4. The second-order valence-electron chi connectivity index (χ2n) is 4.89. The molecule has 2 rings (SSSR count). The fourth-order valence-corrected chi connectivity index (χ4v) is 1.93. The molecule has 0 saturated heterocycles. The first-order chi connectivity index (χ1) is 12.5. The Kier molecular flexibility index (Phi) is 6.49. The van der Waals surface area contributed by atoms with Gasteiger partial charge in [0.2, 0.25) is 11.8 Å². The summed E-state index contributed by atoms with van der Waals surface area (Å²) in [5, 5.41) is 7.25. The first-order valence-electron chi connectivity index (χ1n) is 7.64. The van der Waals surface area contributed by atoms with Gasteiger partial charge in [-0.3, -0.25) is 0 Å². The first kappa shape index (κ1) is 18.7. The molecule has 0 amide bonds. The quantitative estimate of drug-likeness (QED) is 0.333. The van der Waals surface area contributed by atoms with E-state index in [9.17, 15) is 4.79 Å². The van der Waals surface area contributed by atoms with Crippen LogP contribution in [0.15, 0.2) is 46.7 Å². The maximum absolute atomic E-state index is 11.8. The van der Waals surface area contributed by atoms with Gasteiger partial charge in [-0.15, -0.1) is 5.10 Å². The third-order valence-corrected chi connectivity index (χ3v) is 3.03. The third kappa shape index (κ3) is 5.20. The van der Waals surface area contributed by atoms with Crippen molar-refractivity contribution < 1.29 is 19.0 Å². The minimum absolute atomic E-state index is 0.138. The number of aromatic nitrogens is 1. The Morgan fingerprint density at radius 3 is 2.73 bits per heavy atom. The van der Waals surface area contributed by atoms with Crippen molar-refractivity contribution in [2.45, 2.75) is 6.92 Å². The predicted octanol–water partition coefficient (Wildman–Crippen LogP) is 1.67. The molecule has 2 aromatic rings. The fourth-order valence-electron chi connectivity index (χ4n) is 1.93. The van der Waals surface area contributed by atoms with Crippen LogP contribution >= 0.6 is 0 Å². The van der Waals surface area contributed by atoms with Crippen LogP contribution in [-0.2, 0) is 4.74 Å². The Morgan fingerprint density at radius 2 is 2.04 bits per heavy atom. The molecule has 0 aliphatic carbocycles. The average molecular weight is 357 g/mol. The topological polar surface area (TPSA) is 134 Å². The van der Waals surface area contributed by atoms with Gasteiger partial charge in [-0.25, -0.2) is 9.78 Å². The summed E-state index contributed by atoms with van der Waals surface area (Å²) < 4.78 is 16.0. The van der Waals surface area contributed by atoms with Crippen LogP contribution in [0.1, 0.15) is 22.8 Å². The molecule has 9 nitrogen and oxygen atoms in total. The molecule has 1 heterocycles. The maximum Gasteiger partial charge on any atom is 0.338 e. The highest BCUT2D eigenvalue weighted by Gasteiger charge is 2.11. The van der Waals surface area contributed by atoms with Crippen molar-refractivity contribution in [3.63, 3.8) is 0 Å². The van der Waals surface area contributed by atoms with Crippen LogP contribution < -0.4 is 20.9 Å². The summed E-state index contributed by atoms with van der Waals surface area (Å²) in [6, 6.07) is 8.14. The summed E-state index contributed by atoms with van der Waals surface area (Å²) in [5.41, 5.74) is 11.5. The van der Waals surface area contributed by atoms with Crippen LogP contribution in [0.3, 0.4) is 0 Å². The number of nitrogens with zero attached hydrogens (tertiary/aromatic N) is 3. The van der Waals surface area contributed by atoms with Gasteiger partial charge >= 0.3 is 5.97 Å². The number of ether oxygens (including phenoxy) is 3. The summed E-state index contributed by atoms with van der Waals surface area (Å²) in [6.07, 6.45) is 2.93. The minimum Gasteiger partial charge on any atom is -0.493 e. The standard InChI is InChI=1S/C17H19N5O4/c1-3-25-16(23)12-6-7-20-15(9-12)26-13-5-4-11(8-14(13)24-2)10-21-22-17(18)19/h4-10H,3H2,1-2H3,(H4,18,19,22). The molecule has 0 atom stereocenters. The Labute approximate surface area is 150 Å². The van der Waals surface area contributed by atoms with Gasteiger partial charge in [0.25, 0.3) is 0 Å². The summed E-state index contributed by atoms with van der Waals surface area (Å²) >= 11 is 0. The lowest BCUT2D eigenvalue weighted by molar-refractivity contribution is 0.0526. The third-order valence-electron chi connectivity index (χ3n) is 3.03. The lowest BCUT2D eigenvalue weighted by atomic mass is 10.2. The lowest BCUT2D eigenvalue weighted by Gasteiger charge is -2.10. The number of methoxy groups -OCH3 is 1. The molecule has 0 aliphatic rings. The molecule has 0 fully saturated rings. The molecule has 0 aliphatic heterocycles. The highest BCUT2D eigenvalue weighted by molar-refractivity contribution is 5.89. The average Bonchev–Trinajstić information content (AvgIpc) is 2.63. The molecule has 0 bridgehead atoms. The SMILES string of the molecule is CCOC(=O)c1ccnc(Oc2ccc(C=NN=C(N)N)cc2OC)c1. The van der Waals surface area contributed by atoms with E-state index in [1.54, 1.807) is 31.2 Å². The van der Waals surface area contributed by atoms with E-state index in [1.807, 2.05) is 0 Å². The van der Waals surface area contributed by atoms with Crippen LogP contribution in [0.25, 0.3) is 0 Å². The first-order valence-corrected chi connectivity index (χ1v) is 7.64. The van der Waals surface area contributed by atoms with Gasteiger partial charge in [0, 0.05) is 12.3 Å². The van der Waals surface area contributed by atoms with Crippen LogP contribution in [0.2, 0.25) is 0 Å². The van der Waals surface area contributed by atoms with E-state index < -0.39 is 5.97 Å². The smallest absolute Gasteiger partial charge is 0.338 e. The van der Waals surface area contributed by atoms with Crippen LogP contribution in [-0.4, -0.2) is 36.8 Å². The number of hydrogen-bond donors (Lipinski definition) is 2. The van der Waals surface area contributed by atoms with Gasteiger partial charge < -0.3 is 25.7 Å². The van der Waals surface area contributed by atoms with Gasteiger partial charge in [0.05, 0.1) is 25.5 Å². The van der Waals surface area contributed by atoms with Crippen molar-refractivity contribution in [1.29, 1.82) is 0 Å². The maximum atomic E-state index is 11.8. The number of carbonyl (C=O) groups excluding carboxylic acids is 1. The van der Waals surface area contributed by atoms with Gasteiger partial charge in [-0.1, -0.05) is 0 Å². The van der Waals surface area contributed by atoms with Crippen molar-refractivity contribution in [2.75, 3.05) is 13.7 Å². The van der Waals surface area contributed by atoms with Gasteiger partial charge in [-0.05, 0) is 36.8 Å². The Balaban J connectivity index is 2.21. The second-order valence-corrected chi connectivity index (χ2v) is 4.89. The van der Waals surface area contributed by atoms with Crippen LogP contribution in [0.5, 0.6) is 17.4 Å². The molecule has 1 aromatic carbocycles. The molecule has 136 valence electrons. The molecule has 4 N–H and O–H groups in total. The summed E-state index contributed by atoms with van der Waals surface area (Å²) in [4.78, 5) is 15.9. The van der Waals surface area contributed by atoms with Crippen molar-refractivity contribution in [2.24, 2.45) is 21.7 Å². The zero-order valence-corrected chi connectivity index (χ0v) is 14.4. The lowest BCUT2D eigenvalue weighted by Crippen LogP contribution is -2.21. The largest absolute Gasteiger partial charge is 0.493 e. The van der Waals surface area contributed by atoms with E-state index in [1.165, 1.54) is 25.6 Å². The van der Waals surface area contributed by atoms with E-state index >= 15 is 0 Å². The van der Waals surface area contributed by atoms with Crippen molar-refractivity contribution in [1.82, 2.24) is 4.98 Å². The monoisotopic (exact) mass is 357 g/mol. The van der Waals surface area contributed by atoms with Crippen molar-refractivity contribution in [3.8, 4) is 17.4 Å². The number of pyridine rings is 1. The normalized spacial score (nSPS) is 10.4. The number of benzene rings is 1. The minimum atomic E-state index is -0.446. The van der Waals surface area contributed by atoms with Gasteiger partial charge in [-0.2, -0.15) is 5.10 Å². The van der Waals surface area contributed by atoms with Gasteiger partial charge in [0.15, 0.2) is 11.5 Å². The number of nitrogens with two attached hydrogens (primary N) is 2. The highest BCUT2D eigenvalue weighted by Crippen LogP contribution is 2.31. The Bertz CT molecular complexity index is 832. The van der Waals surface area contributed by atoms with E-state index in [0.717, 1.165) is 0 Å². The number of rotatable bonds is 7. The summed E-state index contributed by atoms with van der Waals surface area (Å²) in [7, 11) is 1.50. The van der Waals surface area contributed by atoms with Crippen molar-refractivity contribution in [3.05, 3.63) is 47.7 Å².